The summed E-state index contributed by atoms with van der Waals surface area (Å²) >= 11 is 2.08. The van der Waals surface area contributed by atoms with Crippen LogP contribution in [0.3, 0.4) is 0 Å². The maximum absolute atomic E-state index is 12.1. The van der Waals surface area contributed by atoms with Crippen LogP contribution in [0.1, 0.15) is 47.0 Å². The normalized spacial score (nSPS) is 35.3. The lowest BCUT2D eigenvalue weighted by molar-refractivity contribution is -0.157. The van der Waals surface area contributed by atoms with E-state index >= 15 is 0 Å². The van der Waals surface area contributed by atoms with Gasteiger partial charge in [0.2, 0.25) is 0 Å². The van der Waals surface area contributed by atoms with Crippen molar-refractivity contribution in [3.05, 3.63) is 21.8 Å². The van der Waals surface area contributed by atoms with Crippen LogP contribution in [0.25, 0.3) is 0 Å². The number of carbonyl (C=O) groups excluding carboxylic acids is 2. The lowest BCUT2D eigenvalue weighted by Gasteiger charge is -2.32. The summed E-state index contributed by atoms with van der Waals surface area (Å²) < 4.78 is 12.6. The van der Waals surface area contributed by atoms with Gasteiger partial charge in [0.1, 0.15) is 17.8 Å². The molecule has 0 aliphatic carbocycles. The molecule has 0 saturated heterocycles. The van der Waals surface area contributed by atoms with Crippen molar-refractivity contribution in [2.75, 3.05) is 0 Å². The molecule has 0 aromatic carbocycles. The number of rotatable bonds is 2. The van der Waals surface area contributed by atoms with E-state index in [9.17, 15) is 19.8 Å². The molecule has 6 nitrogen and oxygen atoms in total. The van der Waals surface area contributed by atoms with Crippen molar-refractivity contribution in [1.29, 1.82) is 0 Å². The van der Waals surface area contributed by atoms with Gasteiger partial charge in [0, 0.05) is 12.8 Å². The van der Waals surface area contributed by atoms with Crippen molar-refractivity contribution in [2.45, 2.75) is 70.9 Å². The first-order chi connectivity index (χ1) is 11.6. The zero-order valence-electron chi connectivity index (χ0n) is 15.1. The molecule has 0 fully saturated rings. The second kappa shape index (κ2) is 9.68. The number of hydrogen-bond donors (Lipinski definition) is 2. The monoisotopic (exact) mass is 466 g/mol. The lowest BCUT2D eigenvalue weighted by atomic mass is 9.89. The Labute approximate surface area is 162 Å². The van der Waals surface area contributed by atoms with Gasteiger partial charge in [-0.3, -0.25) is 9.59 Å². The average molecular weight is 466 g/mol. The molecule has 142 valence electrons. The molecular weight excluding hydrogens is 439 g/mol. The summed E-state index contributed by atoms with van der Waals surface area (Å²) in [4.78, 5) is 23.5. The number of aliphatic hydroxyl groups excluding tert-OH is 1. The summed E-state index contributed by atoms with van der Waals surface area (Å²) in [6.45, 7) is 6.57. The van der Waals surface area contributed by atoms with Crippen molar-refractivity contribution in [1.82, 2.24) is 0 Å². The molecule has 1 aliphatic heterocycles. The molecule has 2 N–H and O–H groups in total. The Hall–Kier alpha value is -0.930. The Morgan fingerprint density at radius 1 is 1.44 bits per heavy atom. The van der Waals surface area contributed by atoms with Crippen molar-refractivity contribution >= 4 is 34.5 Å². The number of halogens is 1. The van der Waals surface area contributed by atoms with Gasteiger partial charge in [-0.05, 0) is 42.4 Å². The van der Waals surface area contributed by atoms with Gasteiger partial charge in [-0.15, -0.1) is 0 Å². The van der Waals surface area contributed by atoms with Gasteiger partial charge in [0.25, 0.3) is 0 Å². The fourth-order valence-corrected chi connectivity index (χ4v) is 3.05. The number of hydrogen-bond acceptors (Lipinski definition) is 6. The predicted molar refractivity (Wildman–Crippen MR) is 102 cm³/mol. The molecule has 1 heterocycles. The minimum atomic E-state index is -1.35. The Bertz CT molecular complexity index is 540. The summed E-state index contributed by atoms with van der Waals surface area (Å²) in [6, 6.07) is 0. The molecule has 1 rings (SSSR count). The second-order valence-electron chi connectivity index (χ2n) is 6.79. The third-order valence-corrected chi connectivity index (χ3v) is 5.22. The number of ether oxygens (including phenoxy) is 2. The van der Waals surface area contributed by atoms with Crippen LogP contribution < -0.4 is 0 Å². The lowest BCUT2D eigenvalue weighted by Crippen LogP contribution is -2.42. The maximum Gasteiger partial charge on any atom is 0.309 e. The summed E-state index contributed by atoms with van der Waals surface area (Å²) in [5.41, 5.74) is -0.483. The van der Waals surface area contributed by atoms with Crippen LogP contribution in [0, 0.1) is 5.92 Å². The van der Waals surface area contributed by atoms with Crippen molar-refractivity contribution < 1.29 is 29.3 Å². The molecule has 0 aromatic rings. The van der Waals surface area contributed by atoms with Crippen LogP contribution in [-0.2, 0) is 19.1 Å². The molecule has 0 bridgehead atoms. The van der Waals surface area contributed by atoms with Gasteiger partial charge in [-0.1, -0.05) is 35.6 Å². The molecule has 0 spiro atoms. The largest absolute Gasteiger partial charge is 0.457 e. The highest BCUT2D eigenvalue weighted by Gasteiger charge is 2.34. The van der Waals surface area contributed by atoms with Gasteiger partial charge in [-0.2, -0.15) is 0 Å². The topological polar surface area (TPSA) is 93.1 Å². The molecule has 0 saturated carbocycles. The van der Waals surface area contributed by atoms with Gasteiger partial charge >= 0.3 is 11.9 Å². The molecule has 5 atom stereocenters. The van der Waals surface area contributed by atoms with E-state index in [1.807, 2.05) is 17.9 Å². The number of cyclic esters (lactones) is 1. The quantitative estimate of drug-likeness (QED) is 0.370. The Balaban J connectivity index is 3.20. The first-order valence-electron chi connectivity index (χ1n) is 8.29. The van der Waals surface area contributed by atoms with Gasteiger partial charge in [0.15, 0.2) is 0 Å². The molecule has 0 aromatic heterocycles. The van der Waals surface area contributed by atoms with Crippen molar-refractivity contribution in [3.63, 3.8) is 0 Å². The highest BCUT2D eigenvalue weighted by atomic mass is 127. The minimum Gasteiger partial charge on any atom is -0.457 e. The SMILES string of the molecule is CC(=O)O[C@H]1C=C[C@H](C)[C@@H](C(C)=CI)OC(=O)C[C@H](O)CC[C@@]1(C)O. The number of esters is 2. The minimum absolute atomic E-state index is 0.143. The fraction of sp³-hybridized carbons (Fsp3) is 0.667. The number of carbonyl (C=O) groups is 2. The molecule has 1 aliphatic rings. The van der Waals surface area contributed by atoms with Crippen molar-refractivity contribution in [2.24, 2.45) is 5.92 Å². The van der Waals surface area contributed by atoms with E-state index in [1.165, 1.54) is 6.92 Å². The molecule has 0 unspecified atom stereocenters. The average Bonchev–Trinajstić information content (AvgIpc) is 2.52. The predicted octanol–water partition coefficient (Wildman–Crippen LogP) is 2.66. The maximum atomic E-state index is 12.1. The van der Waals surface area contributed by atoms with Gasteiger partial charge in [-0.25, -0.2) is 0 Å². The third-order valence-electron chi connectivity index (χ3n) is 4.24. The first-order valence-corrected chi connectivity index (χ1v) is 9.53. The summed E-state index contributed by atoms with van der Waals surface area (Å²) in [6.07, 6.45) is 1.36. The standard InChI is InChI=1S/C18H27IO6/c1-11-5-6-15(24-13(3)20)18(4,23)8-7-14(21)9-16(22)25-17(11)12(2)10-19/h5-6,10-11,14-15,17,21,23H,7-9H2,1-4H3/t11-,14+,15-,17-,18+/m0/s1. The molecule has 7 heteroatoms. The van der Waals surface area contributed by atoms with E-state index in [4.69, 9.17) is 9.47 Å². The first kappa shape index (κ1) is 22.1. The van der Waals surface area contributed by atoms with E-state index < -0.39 is 35.9 Å². The number of aliphatic hydroxyl groups is 2. The van der Waals surface area contributed by atoms with Crippen LogP contribution in [-0.4, -0.2) is 46.1 Å². The van der Waals surface area contributed by atoms with E-state index in [1.54, 1.807) is 19.1 Å². The highest BCUT2D eigenvalue weighted by Crippen LogP contribution is 2.27. The van der Waals surface area contributed by atoms with Crippen LogP contribution in [0.15, 0.2) is 21.8 Å². The second-order valence-corrected chi connectivity index (χ2v) is 7.41. The van der Waals surface area contributed by atoms with Crippen LogP contribution in [0.5, 0.6) is 0 Å². The highest BCUT2D eigenvalue weighted by molar-refractivity contribution is 14.1. The van der Waals surface area contributed by atoms with Crippen LogP contribution in [0.2, 0.25) is 0 Å². The Morgan fingerprint density at radius 3 is 2.64 bits per heavy atom. The Kier molecular flexibility index (Phi) is 8.56. The molecule has 0 amide bonds. The van der Waals surface area contributed by atoms with Crippen LogP contribution >= 0.6 is 22.6 Å². The third kappa shape index (κ3) is 7.07. The van der Waals surface area contributed by atoms with Crippen LogP contribution in [0.4, 0.5) is 0 Å². The summed E-state index contributed by atoms with van der Waals surface area (Å²) in [5.74, 6) is -1.17. The smallest absolute Gasteiger partial charge is 0.309 e. The summed E-state index contributed by atoms with van der Waals surface area (Å²) in [5, 5.41) is 20.7. The van der Waals surface area contributed by atoms with Gasteiger partial charge in [0.05, 0.1) is 12.5 Å². The van der Waals surface area contributed by atoms with Gasteiger partial charge < -0.3 is 19.7 Å². The van der Waals surface area contributed by atoms with E-state index in [2.05, 4.69) is 22.6 Å². The van der Waals surface area contributed by atoms with E-state index in [0.717, 1.165) is 5.57 Å². The zero-order valence-corrected chi connectivity index (χ0v) is 17.2. The fourth-order valence-electron chi connectivity index (χ4n) is 2.69. The van der Waals surface area contributed by atoms with E-state index in [-0.39, 0.29) is 25.2 Å². The summed E-state index contributed by atoms with van der Waals surface area (Å²) in [7, 11) is 0. The molecule has 0 radical (unpaired) electrons. The van der Waals surface area contributed by atoms with Crippen molar-refractivity contribution in [3.8, 4) is 0 Å². The Morgan fingerprint density at radius 2 is 2.08 bits per heavy atom. The zero-order chi connectivity index (χ0) is 19.2. The van der Waals surface area contributed by atoms with E-state index in [0.29, 0.717) is 0 Å². The molecule has 25 heavy (non-hydrogen) atoms. The molecular formula is C18H27IO6.